The van der Waals surface area contributed by atoms with Crippen LogP contribution in [0.4, 0.5) is 0 Å². The second kappa shape index (κ2) is 18.1. The summed E-state index contributed by atoms with van der Waals surface area (Å²) in [4.78, 5) is 0. The first kappa shape index (κ1) is 28.3. The van der Waals surface area contributed by atoms with Gasteiger partial charge < -0.3 is 19.5 Å². The molecule has 0 amide bonds. The van der Waals surface area contributed by atoms with Gasteiger partial charge in [-0.1, -0.05) is 53.4 Å². The van der Waals surface area contributed by atoms with Crippen LogP contribution in [-0.2, 0) is 8.85 Å². The van der Waals surface area contributed by atoms with Crippen molar-refractivity contribution in [3.63, 3.8) is 0 Å². The summed E-state index contributed by atoms with van der Waals surface area (Å²) >= 11 is 0. The Morgan fingerprint density at radius 3 is 1.29 bits per heavy atom. The highest BCUT2D eigenvalue weighted by Crippen LogP contribution is 2.27. The Kier molecular flexibility index (Phi) is 18.3. The quantitative estimate of drug-likeness (QED) is 0.213. The van der Waals surface area contributed by atoms with Crippen LogP contribution in [0.15, 0.2) is 0 Å². The number of rotatable bonds is 21. The fraction of sp³-hybridized carbons (Fsp3) is 1.00. The molecule has 0 aliphatic rings. The zero-order valence-electron chi connectivity index (χ0n) is 20.1. The Morgan fingerprint density at radius 2 is 0.929 bits per heavy atom. The van der Waals surface area contributed by atoms with Crippen molar-refractivity contribution >= 4 is 19.5 Å². The van der Waals surface area contributed by atoms with Crippen LogP contribution in [0.3, 0.4) is 0 Å². The van der Waals surface area contributed by atoms with Gasteiger partial charge in [-0.05, 0) is 75.8 Å². The molecule has 0 aromatic rings. The Bertz CT molecular complexity index is 310. The van der Waals surface area contributed by atoms with Gasteiger partial charge in [0.15, 0.2) is 19.5 Å². The van der Waals surface area contributed by atoms with Crippen molar-refractivity contribution in [3.05, 3.63) is 0 Å². The van der Waals surface area contributed by atoms with Crippen molar-refractivity contribution < 1.29 is 8.85 Å². The minimum Gasteiger partial charge on any atom is -0.424 e. The van der Waals surface area contributed by atoms with Gasteiger partial charge >= 0.3 is 0 Å². The molecular weight excluding hydrogens is 380 g/mol. The predicted molar refractivity (Wildman–Crippen MR) is 131 cm³/mol. The van der Waals surface area contributed by atoms with E-state index < -0.39 is 0 Å². The van der Waals surface area contributed by atoms with Crippen molar-refractivity contribution in [3.8, 4) is 0 Å². The van der Waals surface area contributed by atoms with Gasteiger partial charge in [0.25, 0.3) is 0 Å². The normalized spacial score (nSPS) is 13.5. The van der Waals surface area contributed by atoms with Gasteiger partial charge in [0, 0.05) is 13.2 Å². The van der Waals surface area contributed by atoms with Gasteiger partial charge in [-0.2, -0.15) is 0 Å². The first-order valence-electron chi connectivity index (χ1n) is 11.9. The SMILES string of the molecule is CCO[SiH2]C(C)(C)CCNCCCCCCCCNCCC(C)(C)[SiH2]OCC. The van der Waals surface area contributed by atoms with Crippen LogP contribution in [0, 0.1) is 0 Å². The molecule has 0 saturated carbocycles. The summed E-state index contributed by atoms with van der Waals surface area (Å²) in [5.41, 5.74) is 0. The summed E-state index contributed by atoms with van der Waals surface area (Å²) in [6, 6.07) is 0. The number of hydrogen-bond donors (Lipinski definition) is 2. The molecule has 4 nitrogen and oxygen atoms in total. The monoisotopic (exact) mass is 432 g/mol. The first-order valence-corrected chi connectivity index (χ1v) is 14.5. The molecule has 0 aliphatic heterocycles. The molecule has 0 aromatic heterocycles. The maximum Gasteiger partial charge on any atom is 0.167 e. The maximum atomic E-state index is 5.69. The first-order chi connectivity index (χ1) is 13.3. The maximum absolute atomic E-state index is 5.69. The van der Waals surface area contributed by atoms with Crippen LogP contribution in [0.1, 0.15) is 92.9 Å². The third-order valence-corrected chi connectivity index (χ3v) is 8.80. The minimum absolute atomic E-state index is 0.382. The fourth-order valence-electron chi connectivity index (χ4n) is 3.21. The van der Waals surface area contributed by atoms with E-state index in [1.807, 2.05) is 0 Å². The molecule has 170 valence electrons. The fourth-order valence-corrected chi connectivity index (χ4v) is 5.37. The molecule has 0 saturated heterocycles. The Morgan fingerprint density at radius 1 is 0.571 bits per heavy atom. The number of hydrogen-bond acceptors (Lipinski definition) is 4. The molecule has 6 heteroatoms. The zero-order chi connectivity index (χ0) is 21.1. The lowest BCUT2D eigenvalue weighted by atomic mass is 10.1. The highest BCUT2D eigenvalue weighted by Gasteiger charge is 2.18. The number of unbranched alkanes of at least 4 members (excludes halogenated alkanes) is 5. The Balaban J connectivity index is 3.30. The predicted octanol–water partition coefficient (Wildman–Crippen LogP) is 3.92. The third kappa shape index (κ3) is 19.6. The molecule has 0 fully saturated rings. The Labute approximate surface area is 181 Å². The van der Waals surface area contributed by atoms with Crippen molar-refractivity contribution in [1.82, 2.24) is 10.6 Å². The molecule has 0 bridgehead atoms. The van der Waals surface area contributed by atoms with Gasteiger partial charge in [-0.3, -0.25) is 0 Å². The van der Waals surface area contributed by atoms with E-state index in [0.29, 0.717) is 10.1 Å². The molecule has 0 aliphatic carbocycles. The lowest BCUT2D eigenvalue weighted by Gasteiger charge is -2.23. The van der Waals surface area contributed by atoms with Crippen LogP contribution in [0.2, 0.25) is 10.1 Å². The smallest absolute Gasteiger partial charge is 0.167 e. The lowest BCUT2D eigenvalue weighted by molar-refractivity contribution is 0.334. The molecule has 0 radical (unpaired) electrons. The minimum atomic E-state index is -0.382. The van der Waals surface area contributed by atoms with E-state index in [1.165, 1.54) is 64.5 Å². The van der Waals surface area contributed by atoms with Gasteiger partial charge in [0.05, 0.1) is 0 Å². The Hall–Kier alpha value is 0.274. The van der Waals surface area contributed by atoms with E-state index in [0.717, 1.165) is 26.3 Å². The van der Waals surface area contributed by atoms with E-state index in [2.05, 4.69) is 52.2 Å². The van der Waals surface area contributed by atoms with E-state index in [1.54, 1.807) is 0 Å². The summed E-state index contributed by atoms with van der Waals surface area (Å²) in [6.07, 6.45) is 10.6. The van der Waals surface area contributed by atoms with Crippen molar-refractivity contribution in [2.45, 2.75) is 103 Å². The lowest BCUT2D eigenvalue weighted by Crippen LogP contribution is -2.24. The number of nitrogens with one attached hydrogen (secondary N) is 2. The summed E-state index contributed by atoms with van der Waals surface area (Å²) in [6.45, 7) is 20.0. The van der Waals surface area contributed by atoms with Crippen LogP contribution >= 0.6 is 0 Å². The summed E-state index contributed by atoms with van der Waals surface area (Å²) in [5, 5.41) is 8.09. The topological polar surface area (TPSA) is 42.5 Å². The molecule has 0 spiro atoms. The average molecular weight is 433 g/mol. The summed E-state index contributed by atoms with van der Waals surface area (Å²) in [7, 11) is -0.765. The van der Waals surface area contributed by atoms with Crippen LogP contribution in [-0.4, -0.2) is 58.9 Å². The van der Waals surface area contributed by atoms with E-state index in [-0.39, 0.29) is 19.5 Å². The van der Waals surface area contributed by atoms with Gasteiger partial charge in [-0.25, -0.2) is 0 Å². The molecule has 2 N–H and O–H groups in total. The van der Waals surface area contributed by atoms with Crippen LogP contribution < -0.4 is 10.6 Å². The van der Waals surface area contributed by atoms with Crippen LogP contribution in [0.5, 0.6) is 0 Å². The molecule has 0 rings (SSSR count). The molecule has 0 unspecified atom stereocenters. The molecule has 0 aromatic carbocycles. The second-order valence-corrected chi connectivity index (χ2v) is 14.9. The van der Waals surface area contributed by atoms with E-state index >= 15 is 0 Å². The van der Waals surface area contributed by atoms with E-state index in [4.69, 9.17) is 8.85 Å². The molecule has 28 heavy (non-hydrogen) atoms. The second-order valence-electron chi connectivity index (χ2n) is 9.72. The summed E-state index contributed by atoms with van der Waals surface area (Å²) in [5.74, 6) is 0. The van der Waals surface area contributed by atoms with Gasteiger partial charge in [-0.15, -0.1) is 0 Å². The van der Waals surface area contributed by atoms with Crippen LogP contribution in [0.25, 0.3) is 0 Å². The van der Waals surface area contributed by atoms with Gasteiger partial charge in [0.1, 0.15) is 0 Å². The molecule has 0 heterocycles. The van der Waals surface area contributed by atoms with Crippen molar-refractivity contribution in [1.29, 1.82) is 0 Å². The average Bonchev–Trinajstić information content (AvgIpc) is 2.65. The molecule has 0 atom stereocenters. The third-order valence-electron chi connectivity index (χ3n) is 5.31. The van der Waals surface area contributed by atoms with E-state index in [9.17, 15) is 0 Å². The van der Waals surface area contributed by atoms with Crippen molar-refractivity contribution in [2.24, 2.45) is 0 Å². The highest BCUT2D eigenvalue weighted by atomic mass is 28.2. The largest absolute Gasteiger partial charge is 0.424 e. The summed E-state index contributed by atoms with van der Waals surface area (Å²) < 4.78 is 11.4. The standard InChI is InChI=1S/C22H52N2O2Si2/c1-7-25-27-21(3,4)15-19-23-17-13-11-9-10-12-14-18-24-20-16-22(5,6)28-26-8-2/h23-24H,7-20,27-28H2,1-6H3. The zero-order valence-corrected chi connectivity index (χ0v) is 23.0. The highest BCUT2D eigenvalue weighted by molar-refractivity contribution is 6.32. The van der Waals surface area contributed by atoms with Crippen molar-refractivity contribution in [2.75, 3.05) is 39.4 Å². The van der Waals surface area contributed by atoms with Gasteiger partial charge in [0.2, 0.25) is 0 Å². The molecular formula is C22H52N2O2Si2.